The van der Waals surface area contributed by atoms with Crippen molar-refractivity contribution in [3.05, 3.63) is 76.4 Å². The molecule has 3 rings (SSSR count). The van der Waals surface area contributed by atoms with Crippen LogP contribution in [0.3, 0.4) is 0 Å². The molecule has 146 valence electrons. The molecule has 0 fully saturated rings. The van der Waals surface area contributed by atoms with Crippen LogP contribution in [0.1, 0.15) is 36.1 Å². The summed E-state index contributed by atoms with van der Waals surface area (Å²) in [6.45, 7) is 2.66. The number of hydrogen-bond acceptors (Lipinski definition) is 4. The molecular formula is C23H19NO5. The topological polar surface area (TPSA) is 104 Å². The number of aliphatic hydroxyl groups is 1. The van der Waals surface area contributed by atoms with Gasteiger partial charge in [0, 0.05) is 16.7 Å². The van der Waals surface area contributed by atoms with Gasteiger partial charge in [0.2, 0.25) is 0 Å². The van der Waals surface area contributed by atoms with Crippen molar-refractivity contribution in [2.45, 2.75) is 19.3 Å². The quantitative estimate of drug-likeness (QED) is 0.553. The molecule has 0 heterocycles. The third-order valence-electron chi connectivity index (χ3n) is 4.73. The molecule has 0 unspecified atom stereocenters. The molecule has 0 spiro atoms. The summed E-state index contributed by atoms with van der Waals surface area (Å²) in [5.74, 6) is 2.87. The van der Waals surface area contributed by atoms with E-state index in [0.29, 0.717) is 16.7 Å². The standard InChI is InChI=1S/C23H19NO5/c1-23(2)17-12-15(9-8-14-6-4-3-5-7-14)10-11-16(17)20(27)19(21(23)28)22(29)24-13-18(25)26/h3-7,10-12,27H,13H2,1-2H3,(H,24,29)(H,25,26). The fourth-order valence-corrected chi connectivity index (χ4v) is 3.14. The summed E-state index contributed by atoms with van der Waals surface area (Å²) in [5, 5.41) is 21.4. The lowest BCUT2D eigenvalue weighted by Gasteiger charge is -2.32. The summed E-state index contributed by atoms with van der Waals surface area (Å²) in [6.07, 6.45) is 0. The summed E-state index contributed by atoms with van der Waals surface area (Å²) in [6, 6.07) is 14.5. The number of carboxylic acids is 1. The van der Waals surface area contributed by atoms with Gasteiger partial charge in [0.05, 0.1) is 5.41 Å². The number of aliphatic carboxylic acids is 1. The summed E-state index contributed by atoms with van der Waals surface area (Å²) >= 11 is 0. The van der Waals surface area contributed by atoms with Crippen LogP contribution in [0.25, 0.3) is 5.76 Å². The van der Waals surface area contributed by atoms with Crippen LogP contribution in [0.15, 0.2) is 54.1 Å². The van der Waals surface area contributed by atoms with E-state index in [4.69, 9.17) is 5.11 Å². The van der Waals surface area contributed by atoms with E-state index in [0.717, 1.165) is 5.56 Å². The molecule has 0 aliphatic heterocycles. The highest BCUT2D eigenvalue weighted by atomic mass is 16.4. The molecule has 0 bridgehead atoms. The lowest BCUT2D eigenvalue weighted by Crippen LogP contribution is -2.42. The number of hydrogen-bond donors (Lipinski definition) is 3. The molecule has 0 saturated heterocycles. The summed E-state index contributed by atoms with van der Waals surface area (Å²) in [4.78, 5) is 35.9. The van der Waals surface area contributed by atoms with Gasteiger partial charge in [-0.15, -0.1) is 0 Å². The largest absolute Gasteiger partial charge is 0.506 e. The average Bonchev–Trinajstić information content (AvgIpc) is 2.70. The smallest absolute Gasteiger partial charge is 0.322 e. The van der Waals surface area contributed by atoms with Crippen LogP contribution < -0.4 is 5.32 Å². The number of fused-ring (bicyclic) bond motifs is 1. The van der Waals surface area contributed by atoms with E-state index in [1.165, 1.54) is 0 Å². The predicted octanol–water partition coefficient (Wildman–Crippen LogP) is 2.42. The van der Waals surface area contributed by atoms with Crippen LogP contribution in [0.2, 0.25) is 0 Å². The lowest BCUT2D eigenvalue weighted by molar-refractivity contribution is -0.138. The first-order valence-electron chi connectivity index (χ1n) is 8.92. The summed E-state index contributed by atoms with van der Waals surface area (Å²) in [5.41, 5.74) is 0.879. The zero-order valence-corrected chi connectivity index (χ0v) is 15.9. The van der Waals surface area contributed by atoms with E-state index < -0.39 is 41.0 Å². The SMILES string of the molecule is CC1(C)C(=O)C(C(=O)NCC(=O)O)=C(O)c2ccc(C#Cc3ccccc3)cc21. The van der Waals surface area contributed by atoms with Crippen molar-refractivity contribution in [1.82, 2.24) is 5.32 Å². The maximum Gasteiger partial charge on any atom is 0.322 e. The Labute approximate surface area is 167 Å². The molecule has 1 amide bonds. The van der Waals surface area contributed by atoms with Crippen LogP contribution in [0.5, 0.6) is 0 Å². The molecule has 1 aliphatic carbocycles. The summed E-state index contributed by atoms with van der Waals surface area (Å²) < 4.78 is 0. The Morgan fingerprint density at radius 2 is 1.69 bits per heavy atom. The van der Waals surface area contributed by atoms with Crippen molar-refractivity contribution in [2.24, 2.45) is 0 Å². The normalized spacial score (nSPS) is 14.5. The van der Waals surface area contributed by atoms with Crippen LogP contribution in [0, 0.1) is 11.8 Å². The molecule has 2 aromatic rings. The zero-order chi connectivity index (χ0) is 21.2. The van der Waals surface area contributed by atoms with Gasteiger partial charge >= 0.3 is 5.97 Å². The number of Topliss-reactive ketones (excluding diaryl/α,β-unsaturated/α-hetero) is 1. The van der Waals surface area contributed by atoms with E-state index >= 15 is 0 Å². The molecule has 2 aromatic carbocycles. The number of carbonyl (C=O) groups is 3. The minimum Gasteiger partial charge on any atom is -0.506 e. The van der Waals surface area contributed by atoms with Crippen molar-refractivity contribution >= 4 is 23.4 Å². The zero-order valence-electron chi connectivity index (χ0n) is 15.9. The third-order valence-corrected chi connectivity index (χ3v) is 4.73. The molecular weight excluding hydrogens is 370 g/mol. The number of ketones is 1. The Morgan fingerprint density at radius 3 is 2.34 bits per heavy atom. The minimum absolute atomic E-state index is 0.348. The number of carbonyl (C=O) groups excluding carboxylic acids is 2. The predicted molar refractivity (Wildman–Crippen MR) is 107 cm³/mol. The highest BCUT2D eigenvalue weighted by Gasteiger charge is 2.43. The van der Waals surface area contributed by atoms with Gasteiger partial charge in [-0.2, -0.15) is 0 Å². The van der Waals surface area contributed by atoms with Crippen molar-refractivity contribution in [2.75, 3.05) is 6.54 Å². The number of aliphatic hydroxyl groups excluding tert-OH is 1. The molecule has 0 atom stereocenters. The van der Waals surface area contributed by atoms with E-state index in [1.807, 2.05) is 30.3 Å². The number of carboxylic acid groups (broad SMARTS) is 1. The fourth-order valence-electron chi connectivity index (χ4n) is 3.14. The minimum atomic E-state index is -1.25. The first kappa shape index (κ1) is 19.9. The van der Waals surface area contributed by atoms with Crippen LogP contribution >= 0.6 is 0 Å². The molecule has 6 nitrogen and oxygen atoms in total. The van der Waals surface area contributed by atoms with Gasteiger partial charge < -0.3 is 15.5 Å². The first-order valence-corrected chi connectivity index (χ1v) is 8.92. The van der Waals surface area contributed by atoms with Gasteiger partial charge in [0.15, 0.2) is 5.78 Å². The maximum absolute atomic E-state index is 12.9. The van der Waals surface area contributed by atoms with Gasteiger partial charge in [-0.05, 0) is 49.7 Å². The van der Waals surface area contributed by atoms with Crippen molar-refractivity contribution < 1.29 is 24.6 Å². The van der Waals surface area contributed by atoms with Crippen molar-refractivity contribution in [3.8, 4) is 11.8 Å². The summed E-state index contributed by atoms with van der Waals surface area (Å²) in [7, 11) is 0. The highest BCUT2D eigenvalue weighted by molar-refractivity contribution is 6.28. The Bertz CT molecular complexity index is 1100. The molecule has 0 aromatic heterocycles. The third kappa shape index (κ3) is 3.90. The van der Waals surface area contributed by atoms with Gasteiger partial charge in [-0.3, -0.25) is 14.4 Å². The number of benzene rings is 2. The molecule has 29 heavy (non-hydrogen) atoms. The molecule has 6 heteroatoms. The van der Waals surface area contributed by atoms with Crippen LogP contribution in [0.4, 0.5) is 0 Å². The van der Waals surface area contributed by atoms with E-state index in [9.17, 15) is 19.5 Å². The van der Waals surface area contributed by atoms with Gasteiger partial charge in [0.1, 0.15) is 17.9 Å². The highest BCUT2D eigenvalue weighted by Crippen LogP contribution is 2.39. The number of nitrogens with one attached hydrogen (secondary N) is 1. The molecule has 3 N–H and O–H groups in total. The van der Waals surface area contributed by atoms with E-state index in [-0.39, 0.29) is 0 Å². The van der Waals surface area contributed by atoms with Gasteiger partial charge in [-0.25, -0.2) is 0 Å². The van der Waals surface area contributed by atoms with Gasteiger partial charge in [-0.1, -0.05) is 30.0 Å². The maximum atomic E-state index is 12.9. The van der Waals surface area contributed by atoms with Crippen LogP contribution in [-0.4, -0.2) is 34.4 Å². The Balaban J connectivity index is 2.03. The van der Waals surface area contributed by atoms with E-state index in [1.54, 1.807) is 32.0 Å². The monoisotopic (exact) mass is 389 g/mol. The Kier molecular flexibility index (Phi) is 5.24. The first-order chi connectivity index (χ1) is 13.7. The Morgan fingerprint density at radius 1 is 1.03 bits per heavy atom. The van der Waals surface area contributed by atoms with Crippen molar-refractivity contribution in [1.29, 1.82) is 0 Å². The number of rotatable bonds is 3. The van der Waals surface area contributed by atoms with Gasteiger partial charge in [0.25, 0.3) is 5.91 Å². The Hall–Kier alpha value is -3.85. The molecule has 0 radical (unpaired) electrons. The molecule has 1 aliphatic rings. The second-order valence-electron chi connectivity index (χ2n) is 7.13. The van der Waals surface area contributed by atoms with E-state index in [2.05, 4.69) is 17.2 Å². The van der Waals surface area contributed by atoms with Crippen molar-refractivity contribution in [3.63, 3.8) is 0 Å². The average molecular weight is 389 g/mol. The molecule has 0 saturated carbocycles. The second kappa shape index (κ2) is 7.64. The fraction of sp³-hybridized carbons (Fsp3) is 0.174. The lowest BCUT2D eigenvalue weighted by atomic mass is 9.70. The second-order valence-corrected chi connectivity index (χ2v) is 7.13. The van der Waals surface area contributed by atoms with Crippen LogP contribution in [-0.2, 0) is 19.8 Å². The number of amides is 1.